The molecule has 1 aromatic rings. The molecule has 1 N–H and O–H groups in total. The van der Waals surface area contributed by atoms with Gasteiger partial charge in [-0.3, -0.25) is 9.69 Å². The molecule has 4 nitrogen and oxygen atoms in total. The van der Waals surface area contributed by atoms with Crippen molar-refractivity contribution in [1.29, 1.82) is 0 Å². The van der Waals surface area contributed by atoms with Crippen LogP contribution in [0.5, 0.6) is 0 Å². The average Bonchev–Trinajstić information content (AvgIpc) is 2.46. The first-order valence-corrected chi connectivity index (χ1v) is 7.41. The highest BCUT2D eigenvalue weighted by molar-refractivity contribution is 5.67. The largest absolute Gasteiger partial charge is 0.481 e. The van der Waals surface area contributed by atoms with Gasteiger partial charge in [0.1, 0.15) is 0 Å². The number of carboxylic acids is 1. The second-order valence-electron chi connectivity index (χ2n) is 5.42. The van der Waals surface area contributed by atoms with Crippen molar-refractivity contribution in [3.63, 3.8) is 0 Å². The van der Waals surface area contributed by atoms with Crippen LogP contribution in [0.3, 0.4) is 0 Å². The van der Waals surface area contributed by atoms with Crippen molar-refractivity contribution in [3.8, 4) is 0 Å². The summed E-state index contributed by atoms with van der Waals surface area (Å²) in [7, 11) is 0. The molecule has 1 saturated heterocycles. The smallest absolute Gasteiger partial charge is 0.303 e. The number of carboxylic acid groups (broad SMARTS) is 1. The minimum atomic E-state index is -0.730. The highest BCUT2D eigenvalue weighted by Crippen LogP contribution is 2.12. The normalized spacial score (nSPS) is 17.2. The number of aryl methyl sites for hydroxylation is 1. The fourth-order valence-electron chi connectivity index (χ4n) is 2.66. The summed E-state index contributed by atoms with van der Waals surface area (Å²) in [5.41, 5.74) is 2.41. The van der Waals surface area contributed by atoms with Gasteiger partial charge in [-0.1, -0.05) is 31.2 Å². The topological polar surface area (TPSA) is 43.8 Å². The number of hydrogen-bond acceptors (Lipinski definition) is 3. The van der Waals surface area contributed by atoms with Crippen molar-refractivity contribution in [2.45, 2.75) is 26.3 Å². The molecule has 4 heteroatoms. The SMILES string of the molecule is CCN1CCN(Cc2cccc(CCC(=O)O)c2)CC1. The number of benzene rings is 1. The van der Waals surface area contributed by atoms with Crippen LogP contribution in [-0.2, 0) is 17.8 Å². The van der Waals surface area contributed by atoms with E-state index >= 15 is 0 Å². The molecule has 1 aliphatic heterocycles. The number of aliphatic carboxylic acids is 1. The van der Waals surface area contributed by atoms with Crippen LogP contribution in [0.25, 0.3) is 0 Å². The zero-order valence-corrected chi connectivity index (χ0v) is 12.2. The molecule has 1 fully saturated rings. The minimum absolute atomic E-state index is 0.207. The number of hydrogen-bond donors (Lipinski definition) is 1. The summed E-state index contributed by atoms with van der Waals surface area (Å²) < 4.78 is 0. The van der Waals surface area contributed by atoms with Crippen molar-refractivity contribution in [2.75, 3.05) is 32.7 Å². The van der Waals surface area contributed by atoms with Crippen LogP contribution in [-0.4, -0.2) is 53.6 Å². The van der Waals surface area contributed by atoms with E-state index in [1.807, 2.05) is 12.1 Å². The Morgan fingerprint density at radius 3 is 2.45 bits per heavy atom. The Hall–Kier alpha value is -1.39. The first-order chi connectivity index (χ1) is 9.67. The highest BCUT2D eigenvalue weighted by atomic mass is 16.4. The van der Waals surface area contributed by atoms with Crippen molar-refractivity contribution in [3.05, 3.63) is 35.4 Å². The molecular weight excluding hydrogens is 252 g/mol. The van der Waals surface area contributed by atoms with Gasteiger partial charge in [0.2, 0.25) is 0 Å². The molecule has 1 aliphatic rings. The Labute approximate surface area is 121 Å². The third-order valence-corrected chi connectivity index (χ3v) is 3.94. The van der Waals surface area contributed by atoms with Crippen molar-refractivity contribution in [2.24, 2.45) is 0 Å². The van der Waals surface area contributed by atoms with E-state index in [2.05, 4.69) is 28.9 Å². The van der Waals surface area contributed by atoms with E-state index in [0.29, 0.717) is 6.42 Å². The number of nitrogens with zero attached hydrogens (tertiary/aromatic N) is 2. The molecule has 0 radical (unpaired) electrons. The van der Waals surface area contributed by atoms with E-state index < -0.39 is 5.97 Å². The Balaban J connectivity index is 1.86. The molecule has 0 aromatic heterocycles. The van der Waals surface area contributed by atoms with Crippen molar-refractivity contribution >= 4 is 5.97 Å². The lowest BCUT2D eigenvalue weighted by Gasteiger charge is -2.34. The van der Waals surface area contributed by atoms with E-state index in [1.165, 1.54) is 5.56 Å². The summed E-state index contributed by atoms with van der Waals surface area (Å²) in [4.78, 5) is 15.6. The molecule has 0 spiro atoms. The van der Waals surface area contributed by atoms with Crippen LogP contribution in [0.2, 0.25) is 0 Å². The molecule has 0 amide bonds. The fourth-order valence-corrected chi connectivity index (χ4v) is 2.66. The van der Waals surface area contributed by atoms with Gasteiger partial charge >= 0.3 is 5.97 Å². The average molecular weight is 276 g/mol. The third kappa shape index (κ3) is 4.62. The van der Waals surface area contributed by atoms with Gasteiger partial charge in [0, 0.05) is 39.1 Å². The Bertz CT molecular complexity index is 440. The van der Waals surface area contributed by atoms with Crippen LogP contribution < -0.4 is 0 Å². The van der Waals surface area contributed by atoms with Gasteiger partial charge in [0.15, 0.2) is 0 Å². The molecular formula is C16H24N2O2. The van der Waals surface area contributed by atoms with Crippen LogP contribution in [0, 0.1) is 0 Å². The van der Waals surface area contributed by atoms with Crippen LogP contribution in [0.1, 0.15) is 24.5 Å². The predicted octanol–water partition coefficient (Wildman–Crippen LogP) is 1.84. The van der Waals surface area contributed by atoms with Crippen molar-refractivity contribution in [1.82, 2.24) is 9.80 Å². The van der Waals surface area contributed by atoms with E-state index in [-0.39, 0.29) is 6.42 Å². The molecule has 110 valence electrons. The lowest BCUT2D eigenvalue weighted by Crippen LogP contribution is -2.45. The van der Waals surface area contributed by atoms with Gasteiger partial charge in [-0.25, -0.2) is 0 Å². The second kappa shape index (κ2) is 7.41. The van der Waals surface area contributed by atoms with Gasteiger partial charge in [-0.05, 0) is 24.1 Å². The summed E-state index contributed by atoms with van der Waals surface area (Å²) in [6.07, 6.45) is 0.825. The van der Waals surface area contributed by atoms with E-state index in [9.17, 15) is 4.79 Å². The fraction of sp³-hybridized carbons (Fsp3) is 0.562. The molecule has 0 unspecified atom stereocenters. The Morgan fingerprint density at radius 1 is 1.15 bits per heavy atom. The Morgan fingerprint density at radius 2 is 1.80 bits per heavy atom. The maximum Gasteiger partial charge on any atom is 0.303 e. The molecule has 0 atom stereocenters. The molecule has 0 saturated carbocycles. The number of likely N-dealkylation sites (N-methyl/N-ethyl adjacent to an activating group) is 1. The molecule has 0 bridgehead atoms. The van der Waals surface area contributed by atoms with Crippen LogP contribution in [0.4, 0.5) is 0 Å². The number of piperazine rings is 1. The second-order valence-corrected chi connectivity index (χ2v) is 5.42. The standard InChI is InChI=1S/C16H24N2O2/c1-2-17-8-10-18(11-9-17)13-15-5-3-4-14(12-15)6-7-16(19)20/h3-5,12H,2,6-11,13H2,1H3,(H,19,20). The van der Waals surface area contributed by atoms with Gasteiger partial charge < -0.3 is 10.0 Å². The quantitative estimate of drug-likeness (QED) is 0.861. The minimum Gasteiger partial charge on any atom is -0.481 e. The molecule has 20 heavy (non-hydrogen) atoms. The lowest BCUT2D eigenvalue weighted by atomic mass is 10.1. The van der Waals surface area contributed by atoms with Gasteiger partial charge in [0.05, 0.1) is 0 Å². The van der Waals surface area contributed by atoms with E-state index in [1.54, 1.807) is 0 Å². The lowest BCUT2D eigenvalue weighted by molar-refractivity contribution is -0.136. The van der Waals surface area contributed by atoms with E-state index in [0.717, 1.165) is 44.8 Å². The molecule has 2 rings (SSSR count). The number of rotatable bonds is 6. The summed E-state index contributed by atoms with van der Waals surface area (Å²) >= 11 is 0. The third-order valence-electron chi connectivity index (χ3n) is 3.94. The van der Waals surface area contributed by atoms with Gasteiger partial charge in [-0.15, -0.1) is 0 Å². The Kier molecular flexibility index (Phi) is 5.56. The molecule has 1 heterocycles. The molecule has 0 aliphatic carbocycles. The molecule has 1 aromatic carbocycles. The van der Waals surface area contributed by atoms with Crippen LogP contribution in [0.15, 0.2) is 24.3 Å². The monoisotopic (exact) mass is 276 g/mol. The predicted molar refractivity (Wildman–Crippen MR) is 79.8 cm³/mol. The summed E-state index contributed by atoms with van der Waals surface area (Å²) in [6, 6.07) is 8.34. The van der Waals surface area contributed by atoms with Crippen molar-refractivity contribution < 1.29 is 9.90 Å². The highest BCUT2D eigenvalue weighted by Gasteiger charge is 2.15. The summed E-state index contributed by atoms with van der Waals surface area (Å²) in [6.45, 7) is 8.85. The van der Waals surface area contributed by atoms with Gasteiger partial charge in [0.25, 0.3) is 0 Å². The zero-order chi connectivity index (χ0) is 14.4. The maximum atomic E-state index is 10.6. The summed E-state index contributed by atoms with van der Waals surface area (Å²) in [5.74, 6) is -0.730. The van der Waals surface area contributed by atoms with Crippen LogP contribution >= 0.6 is 0 Å². The first-order valence-electron chi connectivity index (χ1n) is 7.41. The summed E-state index contributed by atoms with van der Waals surface area (Å²) in [5, 5.41) is 8.74. The van der Waals surface area contributed by atoms with Gasteiger partial charge in [-0.2, -0.15) is 0 Å². The zero-order valence-electron chi connectivity index (χ0n) is 12.2. The van der Waals surface area contributed by atoms with E-state index in [4.69, 9.17) is 5.11 Å². The number of carbonyl (C=O) groups is 1. The maximum absolute atomic E-state index is 10.6. The first kappa shape index (κ1) is 15.0.